The first-order chi connectivity index (χ1) is 15.0. The molecule has 4 N–H and O–H groups in total. The summed E-state index contributed by atoms with van der Waals surface area (Å²) < 4.78 is 0. The molecule has 5 rings (SSSR count). The number of rotatable bonds is 3. The molecule has 0 saturated carbocycles. The number of H-pyrrole nitrogens is 1. The molecule has 0 radical (unpaired) electrons. The van der Waals surface area contributed by atoms with Gasteiger partial charge in [-0.05, 0) is 79.6 Å². The monoisotopic (exact) mass is 431 g/mol. The van der Waals surface area contributed by atoms with Crippen LogP contribution in [0.3, 0.4) is 0 Å². The summed E-state index contributed by atoms with van der Waals surface area (Å²) in [6, 6.07) is 12.8. The minimum absolute atomic E-state index is 0.206. The smallest absolute Gasteiger partial charge is 0.255 e. The maximum absolute atomic E-state index is 12.7. The number of benzene rings is 2. The van der Waals surface area contributed by atoms with Crippen LogP contribution >= 0.6 is 11.6 Å². The van der Waals surface area contributed by atoms with E-state index < -0.39 is 0 Å². The zero-order valence-corrected chi connectivity index (χ0v) is 17.9. The molecule has 0 atom stereocenters. The Balaban J connectivity index is 1.58. The summed E-state index contributed by atoms with van der Waals surface area (Å²) in [7, 11) is 0. The molecule has 0 fully saturated rings. The minimum Gasteiger partial charge on any atom is -0.384 e. The molecule has 1 aliphatic rings. The number of hydrogen-bond donors (Lipinski definition) is 3. The summed E-state index contributed by atoms with van der Waals surface area (Å²) >= 11 is 6.03. The van der Waals surface area contributed by atoms with Crippen LogP contribution in [-0.4, -0.2) is 21.1 Å². The Hall–Kier alpha value is -3.38. The maximum Gasteiger partial charge on any atom is 0.255 e. The van der Waals surface area contributed by atoms with Crippen molar-refractivity contribution in [2.24, 2.45) is 0 Å². The van der Waals surface area contributed by atoms with Crippen LogP contribution in [-0.2, 0) is 12.8 Å². The minimum atomic E-state index is -0.206. The van der Waals surface area contributed by atoms with E-state index in [2.05, 4.69) is 22.4 Å². The third-order valence-corrected chi connectivity index (χ3v) is 6.12. The van der Waals surface area contributed by atoms with Gasteiger partial charge in [-0.3, -0.25) is 9.89 Å². The van der Waals surface area contributed by atoms with Gasteiger partial charge >= 0.3 is 0 Å². The highest BCUT2D eigenvalue weighted by Gasteiger charge is 2.23. The summed E-state index contributed by atoms with van der Waals surface area (Å²) in [5, 5.41) is 11.6. The third-order valence-electron chi connectivity index (χ3n) is 5.89. The number of nitrogens with zero attached hydrogens (tertiary/aromatic N) is 2. The lowest BCUT2D eigenvalue weighted by Crippen LogP contribution is -2.12. The van der Waals surface area contributed by atoms with Crippen LogP contribution in [0.1, 0.15) is 39.9 Å². The molecular formula is C24H22ClN5O. The van der Waals surface area contributed by atoms with E-state index in [0.717, 1.165) is 47.9 Å². The fraction of sp³-hybridized carbons (Fsp3) is 0.208. The first kappa shape index (κ1) is 19.6. The van der Waals surface area contributed by atoms with Gasteiger partial charge in [0, 0.05) is 21.8 Å². The number of aromatic nitrogens is 3. The van der Waals surface area contributed by atoms with E-state index in [1.165, 1.54) is 11.1 Å². The van der Waals surface area contributed by atoms with Gasteiger partial charge in [0.2, 0.25) is 0 Å². The van der Waals surface area contributed by atoms with E-state index in [9.17, 15) is 4.79 Å². The number of fused-ring (bicyclic) bond motifs is 3. The Morgan fingerprint density at radius 2 is 1.94 bits per heavy atom. The molecule has 0 saturated heterocycles. The summed E-state index contributed by atoms with van der Waals surface area (Å²) in [6.07, 6.45) is 4.17. The molecule has 2 aromatic carbocycles. The van der Waals surface area contributed by atoms with E-state index in [0.29, 0.717) is 27.7 Å². The largest absolute Gasteiger partial charge is 0.384 e. The second-order valence-corrected chi connectivity index (χ2v) is 8.39. The number of aromatic amines is 1. The van der Waals surface area contributed by atoms with Crippen LogP contribution < -0.4 is 11.1 Å². The number of carbonyl (C=O) groups is 1. The number of amides is 1. The average Bonchev–Trinajstić information content (AvgIpc) is 3.15. The van der Waals surface area contributed by atoms with Gasteiger partial charge in [0.15, 0.2) is 5.65 Å². The Bertz CT molecular complexity index is 1330. The van der Waals surface area contributed by atoms with E-state index in [1.54, 1.807) is 24.3 Å². The van der Waals surface area contributed by atoms with Gasteiger partial charge in [0.05, 0.1) is 11.1 Å². The lowest BCUT2D eigenvalue weighted by atomic mass is 9.86. The standard InChI is InChI=1S/C24H22ClN5O/c1-13-9-10-16(27-24(31)14-5-4-6-15(25)11-14)12-19(13)21-18-8-3-2-7-17(18)20-22(26)29-30-23(20)28-21/h4-6,9-12H,2-3,7-8H2,1H3,(H,27,31)(H3,26,28,29,30). The summed E-state index contributed by atoms with van der Waals surface area (Å²) in [5.74, 6) is 0.370. The van der Waals surface area contributed by atoms with E-state index in [1.807, 2.05) is 18.2 Å². The number of nitrogens with two attached hydrogens (primary N) is 1. The maximum atomic E-state index is 12.7. The number of aryl methyl sites for hydroxylation is 2. The number of pyridine rings is 1. The number of nitrogen functional groups attached to an aromatic ring is 1. The first-order valence-electron chi connectivity index (χ1n) is 10.3. The van der Waals surface area contributed by atoms with E-state index >= 15 is 0 Å². The average molecular weight is 432 g/mol. The highest BCUT2D eigenvalue weighted by atomic mass is 35.5. The van der Waals surface area contributed by atoms with Crippen molar-refractivity contribution in [2.75, 3.05) is 11.1 Å². The second-order valence-electron chi connectivity index (χ2n) is 7.95. The van der Waals surface area contributed by atoms with Crippen LogP contribution in [0.25, 0.3) is 22.3 Å². The Labute approximate surface area is 184 Å². The molecule has 0 unspecified atom stereocenters. The van der Waals surface area contributed by atoms with Crippen LogP contribution in [0.2, 0.25) is 5.02 Å². The lowest BCUT2D eigenvalue weighted by molar-refractivity contribution is 0.102. The topological polar surface area (TPSA) is 96.7 Å². The predicted molar refractivity (Wildman–Crippen MR) is 125 cm³/mol. The molecule has 6 nitrogen and oxygen atoms in total. The van der Waals surface area contributed by atoms with Gasteiger partial charge in [-0.1, -0.05) is 23.7 Å². The van der Waals surface area contributed by atoms with Crippen molar-refractivity contribution < 1.29 is 4.79 Å². The highest BCUT2D eigenvalue weighted by Crippen LogP contribution is 2.38. The SMILES string of the molecule is Cc1ccc(NC(=O)c2cccc(Cl)c2)cc1-c1nc2n[nH]c(N)c2c2c1CCCC2. The fourth-order valence-corrected chi connectivity index (χ4v) is 4.54. The third kappa shape index (κ3) is 3.53. The molecular weight excluding hydrogens is 410 g/mol. The molecule has 1 amide bonds. The summed E-state index contributed by atoms with van der Waals surface area (Å²) in [6.45, 7) is 2.05. The molecule has 0 bridgehead atoms. The molecule has 2 aromatic heterocycles. The van der Waals surface area contributed by atoms with Crippen molar-refractivity contribution in [3.63, 3.8) is 0 Å². The van der Waals surface area contributed by atoms with Crippen molar-refractivity contribution >= 4 is 40.0 Å². The molecule has 7 heteroatoms. The Morgan fingerprint density at radius 3 is 2.74 bits per heavy atom. The molecule has 4 aromatic rings. The van der Waals surface area contributed by atoms with E-state index in [4.69, 9.17) is 22.3 Å². The Kier molecular flexibility index (Phi) is 4.87. The predicted octanol–water partition coefficient (Wildman–Crippen LogP) is 5.30. The number of halogens is 1. The van der Waals surface area contributed by atoms with Crippen molar-refractivity contribution in [3.05, 3.63) is 69.7 Å². The molecule has 1 aliphatic carbocycles. The zero-order chi connectivity index (χ0) is 21.5. The van der Waals surface area contributed by atoms with Crippen molar-refractivity contribution in [1.82, 2.24) is 15.2 Å². The normalized spacial score (nSPS) is 13.2. The highest BCUT2D eigenvalue weighted by molar-refractivity contribution is 6.31. The summed E-state index contributed by atoms with van der Waals surface area (Å²) in [5.41, 5.74) is 13.5. The van der Waals surface area contributed by atoms with E-state index in [-0.39, 0.29) is 5.91 Å². The quantitative estimate of drug-likeness (QED) is 0.410. The number of nitrogens with one attached hydrogen (secondary N) is 2. The van der Waals surface area contributed by atoms with Gasteiger partial charge in [0.1, 0.15) is 5.82 Å². The van der Waals surface area contributed by atoms with Crippen LogP contribution in [0.15, 0.2) is 42.5 Å². The van der Waals surface area contributed by atoms with Crippen LogP contribution in [0.5, 0.6) is 0 Å². The van der Waals surface area contributed by atoms with Gasteiger partial charge in [0.25, 0.3) is 5.91 Å². The lowest BCUT2D eigenvalue weighted by Gasteiger charge is -2.21. The number of carbonyl (C=O) groups excluding carboxylic acids is 1. The number of anilines is 2. The van der Waals surface area contributed by atoms with Crippen LogP contribution in [0, 0.1) is 6.92 Å². The zero-order valence-electron chi connectivity index (χ0n) is 17.1. The fourth-order valence-electron chi connectivity index (χ4n) is 4.35. The Morgan fingerprint density at radius 1 is 1.13 bits per heavy atom. The van der Waals surface area contributed by atoms with Crippen molar-refractivity contribution in [1.29, 1.82) is 0 Å². The van der Waals surface area contributed by atoms with Gasteiger partial charge in [-0.2, -0.15) is 5.10 Å². The van der Waals surface area contributed by atoms with Crippen LogP contribution in [0.4, 0.5) is 11.5 Å². The molecule has 31 heavy (non-hydrogen) atoms. The van der Waals surface area contributed by atoms with Crippen molar-refractivity contribution in [2.45, 2.75) is 32.6 Å². The van der Waals surface area contributed by atoms with Gasteiger partial charge < -0.3 is 11.1 Å². The first-order valence-corrected chi connectivity index (χ1v) is 10.7. The second kappa shape index (κ2) is 7.71. The molecule has 2 heterocycles. The van der Waals surface area contributed by atoms with Gasteiger partial charge in [-0.25, -0.2) is 4.98 Å². The molecule has 0 aliphatic heterocycles. The molecule has 156 valence electrons. The summed E-state index contributed by atoms with van der Waals surface area (Å²) in [4.78, 5) is 17.6. The number of hydrogen-bond acceptors (Lipinski definition) is 4. The molecule has 0 spiro atoms. The van der Waals surface area contributed by atoms with Gasteiger partial charge in [-0.15, -0.1) is 0 Å². The van der Waals surface area contributed by atoms with Crippen molar-refractivity contribution in [3.8, 4) is 11.3 Å².